The maximum absolute atomic E-state index is 11.5. The minimum Gasteiger partial charge on any atom is -0.496 e. The Bertz CT molecular complexity index is 503. The molecule has 0 aromatic heterocycles. The average molecular weight is 290 g/mol. The number of rotatable bonds is 7. The predicted octanol–water partition coefficient (Wildman–Crippen LogP) is 4.40. The summed E-state index contributed by atoms with van der Waals surface area (Å²) in [4.78, 5) is 11.5. The molecule has 3 heteroatoms. The number of benzene rings is 1. The van der Waals surface area contributed by atoms with Crippen molar-refractivity contribution in [1.82, 2.24) is 0 Å². The van der Waals surface area contributed by atoms with Gasteiger partial charge in [-0.25, -0.2) is 4.79 Å². The largest absolute Gasteiger partial charge is 0.496 e. The number of methoxy groups -OCH3 is 1. The normalized spacial score (nSPS) is 12.9. The van der Waals surface area contributed by atoms with Crippen molar-refractivity contribution in [3.05, 3.63) is 41.0 Å². The summed E-state index contributed by atoms with van der Waals surface area (Å²) >= 11 is 0. The Morgan fingerprint density at radius 1 is 1.38 bits per heavy atom. The zero-order chi connectivity index (χ0) is 15.8. The molecule has 0 spiro atoms. The van der Waals surface area contributed by atoms with E-state index in [4.69, 9.17) is 9.47 Å². The van der Waals surface area contributed by atoms with Gasteiger partial charge in [-0.15, -0.1) is 0 Å². The third-order valence-corrected chi connectivity index (χ3v) is 3.65. The molecule has 0 aliphatic rings. The van der Waals surface area contributed by atoms with E-state index in [1.54, 1.807) is 14.0 Å². The molecule has 0 unspecified atom stereocenters. The van der Waals surface area contributed by atoms with Gasteiger partial charge in [0.25, 0.3) is 0 Å². The molecule has 3 nitrogen and oxygen atoms in total. The number of hydrogen-bond donors (Lipinski definition) is 0. The van der Waals surface area contributed by atoms with Gasteiger partial charge in [0.2, 0.25) is 0 Å². The molecule has 0 saturated carbocycles. The van der Waals surface area contributed by atoms with E-state index in [2.05, 4.69) is 25.1 Å². The fraction of sp³-hybridized carbons (Fsp3) is 0.500. The summed E-state index contributed by atoms with van der Waals surface area (Å²) in [6.45, 7) is 8.27. The van der Waals surface area contributed by atoms with Crippen LogP contribution in [0.25, 0.3) is 0 Å². The molecule has 0 saturated heterocycles. The van der Waals surface area contributed by atoms with Crippen LogP contribution in [0, 0.1) is 6.92 Å². The molecular formula is C18H26O3. The van der Waals surface area contributed by atoms with Gasteiger partial charge in [0.1, 0.15) is 5.75 Å². The van der Waals surface area contributed by atoms with Crippen LogP contribution >= 0.6 is 0 Å². The van der Waals surface area contributed by atoms with Gasteiger partial charge in [0.05, 0.1) is 13.7 Å². The number of hydrogen-bond acceptors (Lipinski definition) is 3. The molecule has 0 aliphatic heterocycles. The molecule has 1 atom stereocenters. The molecule has 1 rings (SSSR count). The third-order valence-electron chi connectivity index (χ3n) is 3.65. The van der Waals surface area contributed by atoms with Crippen LogP contribution in [0.2, 0.25) is 0 Å². The molecular weight excluding hydrogens is 264 g/mol. The smallest absolute Gasteiger partial charge is 0.333 e. The highest BCUT2D eigenvalue weighted by Gasteiger charge is 2.09. The minimum absolute atomic E-state index is 0.220. The number of aryl methyl sites for hydroxylation is 1. The molecule has 0 N–H and O–H groups in total. The molecule has 0 aliphatic carbocycles. The van der Waals surface area contributed by atoms with E-state index in [1.165, 1.54) is 5.56 Å². The monoisotopic (exact) mass is 290 g/mol. The van der Waals surface area contributed by atoms with E-state index in [0.717, 1.165) is 24.2 Å². The Hall–Kier alpha value is -1.77. The molecule has 116 valence electrons. The van der Waals surface area contributed by atoms with Gasteiger partial charge in [-0.1, -0.05) is 25.1 Å². The minimum atomic E-state index is -0.220. The highest BCUT2D eigenvalue weighted by Crippen LogP contribution is 2.27. The van der Waals surface area contributed by atoms with Gasteiger partial charge in [-0.3, -0.25) is 0 Å². The van der Waals surface area contributed by atoms with Crippen LogP contribution in [-0.4, -0.2) is 19.7 Å². The summed E-state index contributed by atoms with van der Waals surface area (Å²) in [6.07, 6.45) is 3.81. The summed E-state index contributed by atoms with van der Waals surface area (Å²) in [6, 6.07) is 6.33. The van der Waals surface area contributed by atoms with Crippen LogP contribution in [0.15, 0.2) is 29.8 Å². The summed E-state index contributed by atoms with van der Waals surface area (Å²) in [5.41, 5.74) is 3.09. The number of carbonyl (C=O) groups is 1. The lowest BCUT2D eigenvalue weighted by Gasteiger charge is -2.13. The van der Waals surface area contributed by atoms with Crippen molar-refractivity contribution in [3.8, 4) is 5.75 Å². The Morgan fingerprint density at radius 2 is 2.10 bits per heavy atom. The maximum atomic E-state index is 11.5. The lowest BCUT2D eigenvalue weighted by Crippen LogP contribution is -2.05. The molecule has 0 amide bonds. The van der Waals surface area contributed by atoms with E-state index in [1.807, 2.05) is 19.9 Å². The molecule has 0 fully saturated rings. The van der Waals surface area contributed by atoms with E-state index in [0.29, 0.717) is 18.1 Å². The van der Waals surface area contributed by atoms with Crippen molar-refractivity contribution in [2.75, 3.05) is 13.7 Å². The van der Waals surface area contributed by atoms with Crippen LogP contribution in [0.3, 0.4) is 0 Å². The highest BCUT2D eigenvalue weighted by molar-refractivity contribution is 5.87. The van der Waals surface area contributed by atoms with Crippen LogP contribution in [0.4, 0.5) is 0 Å². The molecule has 0 radical (unpaired) electrons. The summed E-state index contributed by atoms with van der Waals surface area (Å²) < 4.78 is 10.3. The number of carbonyl (C=O) groups excluding carboxylic acids is 1. The van der Waals surface area contributed by atoms with Gasteiger partial charge in [-0.05, 0) is 56.7 Å². The lowest BCUT2D eigenvalue weighted by atomic mass is 9.94. The van der Waals surface area contributed by atoms with Crippen molar-refractivity contribution >= 4 is 5.97 Å². The molecule has 0 heterocycles. The average Bonchev–Trinajstić information content (AvgIpc) is 2.47. The van der Waals surface area contributed by atoms with Crippen molar-refractivity contribution in [2.24, 2.45) is 0 Å². The first-order valence-corrected chi connectivity index (χ1v) is 7.48. The Labute approximate surface area is 128 Å². The quantitative estimate of drug-likeness (QED) is 0.551. The van der Waals surface area contributed by atoms with Crippen LogP contribution in [-0.2, 0) is 9.53 Å². The second-order valence-corrected chi connectivity index (χ2v) is 5.32. The van der Waals surface area contributed by atoms with E-state index < -0.39 is 0 Å². The molecule has 1 aromatic rings. The van der Waals surface area contributed by atoms with E-state index >= 15 is 0 Å². The van der Waals surface area contributed by atoms with E-state index in [9.17, 15) is 4.79 Å². The molecule has 0 bridgehead atoms. The molecule has 1 aromatic carbocycles. The Morgan fingerprint density at radius 3 is 2.71 bits per heavy atom. The highest BCUT2D eigenvalue weighted by atomic mass is 16.5. The van der Waals surface area contributed by atoms with Gasteiger partial charge in [0, 0.05) is 5.57 Å². The van der Waals surface area contributed by atoms with Gasteiger partial charge >= 0.3 is 5.97 Å². The van der Waals surface area contributed by atoms with E-state index in [-0.39, 0.29) is 5.97 Å². The Balaban J connectivity index is 2.60. The zero-order valence-electron chi connectivity index (χ0n) is 13.7. The Kier molecular flexibility index (Phi) is 7.00. The van der Waals surface area contributed by atoms with Crippen molar-refractivity contribution in [3.63, 3.8) is 0 Å². The van der Waals surface area contributed by atoms with Crippen LogP contribution < -0.4 is 4.74 Å². The second kappa shape index (κ2) is 8.50. The van der Waals surface area contributed by atoms with Crippen molar-refractivity contribution in [1.29, 1.82) is 0 Å². The first-order chi connectivity index (χ1) is 9.99. The van der Waals surface area contributed by atoms with Crippen LogP contribution in [0.5, 0.6) is 5.75 Å². The topological polar surface area (TPSA) is 35.5 Å². The van der Waals surface area contributed by atoms with Gasteiger partial charge in [0.15, 0.2) is 0 Å². The second-order valence-electron chi connectivity index (χ2n) is 5.32. The first-order valence-electron chi connectivity index (χ1n) is 7.48. The SMILES string of the molecule is CCOC(=O)/C(C)=C\CC[C@@H](C)c1ccc(C)c(OC)c1. The fourth-order valence-electron chi connectivity index (χ4n) is 2.19. The van der Waals surface area contributed by atoms with Crippen molar-refractivity contribution in [2.45, 2.75) is 46.5 Å². The summed E-state index contributed by atoms with van der Waals surface area (Å²) in [7, 11) is 1.70. The van der Waals surface area contributed by atoms with Crippen molar-refractivity contribution < 1.29 is 14.3 Å². The standard InChI is InChI=1S/C18H26O3/c1-6-21-18(19)15(4)9-7-8-13(2)16-11-10-14(3)17(12-16)20-5/h9-13H,6-8H2,1-5H3/b15-9-/t13-/m1/s1. The number of ether oxygens (including phenoxy) is 2. The first kappa shape index (κ1) is 17.3. The predicted molar refractivity (Wildman–Crippen MR) is 85.8 cm³/mol. The van der Waals surface area contributed by atoms with Crippen LogP contribution in [0.1, 0.15) is 50.7 Å². The summed E-state index contributed by atoms with van der Waals surface area (Å²) in [5.74, 6) is 1.13. The number of allylic oxidation sites excluding steroid dienone is 1. The maximum Gasteiger partial charge on any atom is 0.333 e. The third kappa shape index (κ3) is 5.25. The van der Waals surface area contributed by atoms with Gasteiger partial charge < -0.3 is 9.47 Å². The summed E-state index contributed by atoms with van der Waals surface area (Å²) in [5, 5.41) is 0. The zero-order valence-corrected chi connectivity index (χ0v) is 13.7. The van der Waals surface area contributed by atoms with Gasteiger partial charge in [-0.2, -0.15) is 0 Å². The number of esters is 1. The molecule has 21 heavy (non-hydrogen) atoms. The lowest BCUT2D eigenvalue weighted by molar-refractivity contribution is -0.138. The fourth-order valence-corrected chi connectivity index (χ4v) is 2.19.